The fraction of sp³-hybridized carbons (Fsp3) is 0.429. The molecule has 1 amide bonds. The predicted molar refractivity (Wildman–Crippen MR) is 106 cm³/mol. The zero-order valence-electron chi connectivity index (χ0n) is 16.2. The molecule has 2 atom stereocenters. The fourth-order valence-electron chi connectivity index (χ4n) is 4.26. The summed E-state index contributed by atoms with van der Waals surface area (Å²) < 4.78 is 10.9. The summed E-state index contributed by atoms with van der Waals surface area (Å²) in [5.74, 6) is 1.71. The second-order valence-electron chi connectivity index (χ2n) is 7.62. The summed E-state index contributed by atoms with van der Waals surface area (Å²) in [6.45, 7) is 3.62. The first-order valence-electron chi connectivity index (χ1n) is 10.1. The smallest absolute Gasteiger partial charge is 0.254 e. The van der Waals surface area contributed by atoms with Gasteiger partial charge < -0.3 is 14.4 Å². The zero-order chi connectivity index (χ0) is 19.6. The van der Waals surface area contributed by atoms with Gasteiger partial charge in [-0.25, -0.2) is 10.9 Å². The normalized spacial score (nSPS) is 24.5. The van der Waals surface area contributed by atoms with Crippen LogP contribution in [0.3, 0.4) is 0 Å². The van der Waals surface area contributed by atoms with E-state index in [-0.39, 0.29) is 18.1 Å². The molecule has 3 aliphatic rings. The first-order valence-corrected chi connectivity index (χ1v) is 10.1. The maximum Gasteiger partial charge on any atom is 0.254 e. The quantitative estimate of drug-likeness (QED) is 0.816. The summed E-state index contributed by atoms with van der Waals surface area (Å²) >= 11 is 0. The van der Waals surface area contributed by atoms with Crippen LogP contribution in [-0.4, -0.2) is 59.8 Å². The van der Waals surface area contributed by atoms with Gasteiger partial charge in [-0.05, 0) is 42.7 Å². The van der Waals surface area contributed by atoms with Crippen LogP contribution in [0.2, 0.25) is 0 Å². The van der Waals surface area contributed by atoms with E-state index in [1.165, 1.54) is 5.56 Å². The average molecular weight is 395 g/mol. The van der Waals surface area contributed by atoms with Crippen LogP contribution in [0.15, 0.2) is 42.7 Å². The van der Waals surface area contributed by atoms with Gasteiger partial charge in [-0.2, -0.15) is 0 Å². The third-order valence-corrected chi connectivity index (χ3v) is 5.87. The molecule has 0 radical (unpaired) electrons. The second kappa shape index (κ2) is 7.98. The van der Waals surface area contributed by atoms with E-state index < -0.39 is 0 Å². The Kier molecular flexibility index (Phi) is 5.05. The van der Waals surface area contributed by atoms with Crippen molar-refractivity contribution < 1.29 is 14.3 Å². The largest absolute Gasteiger partial charge is 0.454 e. The number of amides is 1. The number of aromatic nitrogens is 1. The molecule has 2 fully saturated rings. The van der Waals surface area contributed by atoms with Crippen LogP contribution >= 0.6 is 0 Å². The molecule has 0 saturated carbocycles. The zero-order valence-corrected chi connectivity index (χ0v) is 16.2. The van der Waals surface area contributed by atoms with Crippen LogP contribution in [0.4, 0.5) is 0 Å². The number of benzene rings is 1. The van der Waals surface area contributed by atoms with E-state index in [9.17, 15) is 4.79 Å². The third kappa shape index (κ3) is 3.78. The van der Waals surface area contributed by atoms with Gasteiger partial charge in [-0.1, -0.05) is 6.07 Å². The Hall–Kier alpha value is -2.68. The van der Waals surface area contributed by atoms with Crippen molar-refractivity contribution in [1.29, 1.82) is 0 Å². The number of fused-ring (bicyclic) bond motifs is 1. The Labute approximate surface area is 169 Å². The van der Waals surface area contributed by atoms with Crippen LogP contribution in [0.1, 0.15) is 34.8 Å². The van der Waals surface area contributed by atoms with E-state index in [1.54, 1.807) is 24.5 Å². The van der Waals surface area contributed by atoms with Crippen molar-refractivity contribution in [2.24, 2.45) is 0 Å². The Morgan fingerprint density at radius 3 is 2.76 bits per heavy atom. The summed E-state index contributed by atoms with van der Waals surface area (Å²) in [4.78, 5) is 21.1. The third-order valence-electron chi connectivity index (χ3n) is 5.87. The van der Waals surface area contributed by atoms with Crippen molar-refractivity contribution >= 4 is 5.91 Å². The number of hydrazine groups is 1. The summed E-state index contributed by atoms with van der Waals surface area (Å²) in [5.41, 5.74) is 8.75. The molecule has 2 saturated heterocycles. The molecule has 0 spiro atoms. The lowest BCUT2D eigenvalue weighted by atomic mass is 10.0. The summed E-state index contributed by atoms with van der Waals surface area (Å²) in [5, 5.41) is 0. The van der Waals surface area contributed by atoms with Gasteiger partial charge in [0, 0.05) is 50.2 Å². The number of rotatable bonds is 3. The molecule has 8 nitrogen and oxygen atoms in total. The Morgan fingerprint density at radius 1 is 1.00 bits per heavy atom. The molecule has 0 aliphatic carbocycles. The molecule has 1 aromatic carbocycles. The molecular formula is C21H25N5O3. The number of nitrogens with one attached hydrogen (secondary N) is 2. The topological polar surface area (TPSA) is 79.0 Å². The molecule has 3 aliphatic heterocycles. The van der Waals surface area contributed by atoms with E-state index in [0.29, 0.717) is 12.4 Å². The van der Waals surface area contributed by atoms with Gasteiger partial charge in [0.05, 0.1) is 6.17 Å². The number of nitrogens with zero attached hydrogens (tertiary/aromatic N) is 3. The molecule has 2 N–H and O–H groups in total. The van der Waals surface area contributed by atoms with Crippen molar-refractivity contribution in [2.75, 3.05) is 33.0 Å². The van der Waals surface area contributed by atoms with Crippen LogP contribution in [-0.2, 0) is 0 Å². The van der Waals surface area contributed by atoms with Gasteiger partial charge in [0.2, 0.25) is 6.79 Å². The van der Waals surface area contributed by atoms with Crippen LogP contribution in [0.5, 0.6) is 11.5 Å². The van der Waals surface area contributed by atoms with Crippen LogP contribution in [0, 0.1) is 0 Å². The molecular weight excluding hydrogens is 370 g/mol. The first kappa shape index (κ1) is 18.4. The van der Waals surface area contributed by atoms with Crippen LogP contribution in [0.25, 0.3) is 0 Å². The van der Waals surface area contributed by atoms with Gasteiger partial charge in [-0.3, -0.25) is 14.7 Å². The predicted octanol–water partition coefficient (Wildman–Crippen LogP) is 1.52. The minimum atomic E-state index is 0.0880. The SMILES string of the molecule is O=C(c1ccncc1)N1CCCN(C2CC(c3ccc4c(c3)OCO4)NN2)CC1. The molecule has 2 aromatic rings. The van der Waals surface area contributed by atoms with Crippen molar-refractivity contribution in [2.45, 2.75) is 25.0 Å². The number of hydrogen-bond acceptors (Lipinski definition) is 7. The Morgan fingerprint density at radius 2 is 1.86 bits per heavy atom. The van der Waals surface area contributed by atoms with Crippen molar-refractivity contribution in [3.05, 3.63) is 53.9 Å². The number of carbonyl (C=O) groups is 1. The molecule has 4 heterocycles. The highest BCUT2D eigenvalue weighted by molar-refractivity contribution is 5.94. The number of carbonyl (C=O) groups excluding carboxylic acids is 1. The molecule has 1 aromatic heterocycles. The van der Waals surface area contributed by atoms with Gasteiger partial charge in [0.1, 0.15) is 0 Å². The van der Waals surface area contributed by atoms with Crippen molar-refractivity contribution in [1.82, 2.24) is 25.6 Å². The minimum absolute atomic E-state index is 0.0880. The second-order valence-corrected chi connectivity index (χ2v) is 7.62. The summed E-state index contributed by atoms with van der Waals surface area (Å²) in [6, 6.07) is 9.90. The molecule has 152 valence electrons. The number of pyridine rings is 1. The minimum Gasteiger partial charge on any atom is -0.454 e. The molecule has 5 rings (SSSR count). The monoisotopic (exact) mass is 395 g/mol. The standard InChI is InChI=1S/C21H25N5O3/c27-21(15-4-6-22-7-5-15)26-9-1-8-25(10-11-26)20-13-17(23-24-20)16-2-3-18-19(12-16)29-14-28-18/h2-7,12,17,20,23-24H,1,8-11,13-14H2. The van der Waals surface area contributed by atoms with E-state index in [2.05, 4.69) is 32.9 Å². The maximum absolute atomic E-state index is 12.7. The molecule has 29 heavy (non-hydrogen) atoms. The van der Waals surface area contributed by atoms with E-state index in [4.69, 9.17) is 9.47 Å². The highest BCUT2D eigenvalue weighted by Gasteiger charge is 2.32. The lowest BCUT2D eigenvalue weighted by molar-refractivity contribution is 0.0756. The number of ether oxygens (including phenoxy) is 2. The van der Waals surface area contributed by atoms with Crippen LogP contribution < -0.4 is 20.3 Å². The van der Waals surface area contributed by atoms with Gasteiger partial charge in [0.25, 0.3) is 5.91 Å². The lowest BCUT2D eigenvalue weighted by Crippen LogP contribution is -2.46. The van der Waals surface area contributed by atoms with E-state index in [1.807, 2.05) is 11.0 Å². The number of hydrogen-bond donors (Lipinski definition) is 2. The van der Waals surface area contributed by atoms with E-state index in [0.717, 1.165) is 50.5 Å². The molecule has 8 heteroatoms. The fourth-order valence-corrected chi connectivity index (χ4v) is 4.26. The molecule has 2 unspecified atom stereocenters. The first-order chi connectivity index (χ1) is 14.3. The van der Waals surface area contributed by atoms with Gasteiger partial charge in [-0.15, -0.1) is 0 Å². The Bertz CT molecular complexity index is 878. The van der Waals surface area contributed by atoms with E-state index >= 15 is 0 Å². The lowest BCUT2D eigenvalue weighted by Gasteiger charge is -2.27. The average Bonchev–Trinajstić information content (AvgIpc) is 3.38. The van der Waals surface area contributed by atoms with Crippen molar-refractivity contribution in [3.8, 4) is 11.5 Å². The highest BCUT2D eigenvalue weighted by atomic mass is 16.7. The van der Waals surface area contributed by atoms with Gasteiger partial charge >= 0.3 is 0 Å². The molecule has 0 bridgehead atoms. The Balaban J connectivity index is 1.20. The van der Waals surface area contributed by atoms with Crippen molar-refractivity contribution in [3.63, 3.8) is 0 Å². The summed E-state index contributed by atoms with van der Waals surface area (Å²) in [7, 11) is 0. The summed E-state index contributed by atoms with van der Waals surface area (Å²) in [6.07, 6.45) is 5.49. The maximum atomic E-state index is 12.7. The highest BCUT2D eigenvalue weighted by Crippen LogP contribution is 2.36. The van der Waals surface area contributed by atoms with Gasteiger partial charge in [0.15, 0.2) is 11.5 Å².